The van der Waals surface area contributed by atoms with Gasteiger partial charge < -0.3 is 5.11 Å². The molecule has 0 fully saturated rings. The molecule has 0 heterocycles. The average molecular weight is 312 g/mol. The molecule has 10 heteroatoms. The van der Waals surface area contributed by atoms with Crippen LogP contribution in [0.5, 0.6) is 5.75 Å². The Hall–Kier alpha value is -1.61. The number of benzene rings is 1. The highest BCUT2D eigenvalue weighted by Gasteiger charge is 2.85. The minimum Gasteiger partial charge on any atom is -0.508 e. The summed E-state index contributed by atoms with van der Waals surface area (Å²) in [5.41, 5.74) is -8.47. The number of phenolic OH excluding ortho intramolecular Hbond substituents is 1. The zero-order chi connectivity index (χ0) is 16.0. The largest absolute Gasteiger partial charge is 0.508 e. The predicted octanol–water partition coefficient (Wildman–Crippen LogP) is 4.32. The molecule has 1 aromatic rings. The van der Waals surface area contributed by atoms with Gasteiger partial charge in [-0.2, -0.15) is 39.5 Å². The third-order valence-corrected chi connectivity index (χ3v) is 2.58. The molecular formula is C10H5F9O. The van der Waals surface area contributed by atoms with Crippen LogP contribution in [0, 0.1) is 0 Å². The van der Waals surface area contributed by atoms with Crippen molar-refractivity contribution < 1.29 is 44.6 Å². The summed E-state index contributed by atoms with van der Waals surface area (Å²) in [7, 11) is 0. The fourth-order valence-electron chi connectivity index (χ4n) is 1.73. The molecule has 0 aliphatic rings. The zero-order valence-electron chi connectivity index (χ0n) is 9.16. The van der Waals surface area contributed by atoms with Gasteiger partial charge in [-0.25, -0.2) is 0 Å². The number of aromatic hydroxyl groups is 1. The Morgan fingerprint density at radius 2 is 1.00 bits per heavy atom. The van der Waals surface area contributed by atoms with Crippen LogP contribution < -0.4 is 0 Å². The summed E-state index contributed by atoms with van der Waals surface area (Å²) in [5.74, 6) is -1.75. The summed E-state index contributed by atoms with van der Waals surface area (Å²) in [6.07, 6.45) is -20.2. The number of phenols is 1. The number of alkyl halides is 9. The Labute approximate surface area is 105 Å². The molecule has 20 heavy (non-hydrogen) atoms. The third-order valence-electron chi connectivity index (χ3n) is 2.58. The van der Waals surface area contributed by atoms with E-state index in [4.69, 9.17) is 5.11 Å². The van der Waals surface area contributed by atoms with E-state index >= 15 is 0 Å². The van der Waals surface area contributed by atoms with Gasteiger partial charge in [0.2, 0.25) is 0 Å². The highest BCUT2D eigenvalue weighted by atomic mass is 19.4. The molecule has 0 aliphatic heterocycles. The first-order valence-corrected chi connectivity index (χ1v) is 4.75. The lowest BCUT2D eigenvalue weighted by molar-refractivity contribution is -0.387. The van der Waals surface area contributed by atoms with Gasteiger partial charge in [0.1, 0.15) is 5.75 Å². The number of halogens is 9. The molecule has 1 aromatic carbocycles. The molecule has 1 N–H and O–H groups in total. The van der Waals surface area contributed by atoms with Crippen molar-refractivity contribution in [1.82, 2.24) is 0 Å². The summed E-state index contributed by atoms with van der Waals surface area (Å²) >= 11 is 0. The zero-order valence-corrected chi connectivity index (χ0v) is 9.16. The Morgan fingerprint density at radius 3 is 1.30 bits per heavy atom. The van der Waals surface area contributed by atoms with Crippen LogP contribution in [0.4, 0.5) is 39.5 Å². The molecule has 0 bridgehead atoms. The van der Waals surface area contributed by atoms with Gasteiger partial charge in [0.15, 0.2) is 0 Å². The van der Waals surface area contributed by atoms with Crippen LogP contribution in [0.1, 0.15) is 5.56 Å². The normalized spacial score (nSPS) is 14.4. The van der Waals surface area contributed by atoms with E-state index in [0.717, 1.165) is 6.07 Å². The van der Waals surface area contributed by atoms with E-state index in [1.165, 1.54) is 0 Å². The van der Waals surface area contributed by atoms with Crippen molar-refractivity contribution in [2.24, 2.45) is 0 Å². The Balaban J connectivity index is 3.88. The van der Waals surface area contributed by atoms with Gasteiger partial charge in [-0.1, -0.05) is 18.2 Å². The first kappa shape index (κ1) is 16.4. The van der Waals surface area contributed by atoms with E-state index in [-0.39, 0.29) is 6.07 Å². The standard InChI is InChI=1S/C10H5F9O/c11-8(12,13)7(9(14,15)16,10(17,18)19)5-3-1-2-4-6(5)20/h1-4,20H. The average Bonchev–Trinajstić information content (AvgIpc) is 2.14. The van der Waals surface area contributed by atoms with Gasteiger partial charge in [-0.15, -0.1) is 0 Å². The van der Waals surface area contributed by atoms with Gasteiger partial charge in [-0.05, 0) is 6.07 Å². The van der Waals surface area contributed by atoms with Crippen LogP contribution in [0.2, 0.25) is 0 Å². The van der Waals surface area contributed by atoms with Crippen LogP contribution in [0.25, 0.3) is 0 Å². The van der Waals surface area contributed by atoms with Crippen LogP contribution in [-0.4, -0.2) is 23.6 Å². The maximum absolute atomic E-state index is 12.7. The molecular weight excluding hydrogens is 307 g/mol. The summed E-state index contributed by atoms with van der Waals surface area (Å²) in [5, 5.41) is 9.04. The van der Waals surface area contributed by atoms with Crippen LogP contribution in [0.3, 0.4) is 0 Å². The van der Waals surface area contributed by atoms with Crippen LogP contribution >= 0.6 is 0 Å². The predicted molar refractivity (Wildman–Crippen MR) is 47.9 cm³/mol. The van der Waals surface area contributed by atoms with Crippen molar-refractivity contribution in [2.45, 2.75) is 23.9 Å². The Morgan fingerprint density at radius 1 is 0.650 bits per heavy atom. The SMILES string of the molecule is Oc1ccccc1C(C(F)(F)F)(C(F)(F)F)C(F)(F)F. The lowest BCUT2D eigenvalue weighted by atomic mass is 9.77. The number of para-hydroxylation sites is 1. The smallest absolute Gasteiger partial charge is 0.416 e. The van der Waals surface area contributed by atoms with E-state index in [0.29, 0.717) is 12.1 Å². The van der Waals surface area contributed by atoms with E-state index in [1.54, 1.807) is 0 Å². The monoisotopic (exact) mass is 312 g/mol. The van der Waals surface area contributed by atoms with E-state index < -0.39 is 35.3 Å². The molecule has 0 saturated heterocycles. The van der Waals surface area contributed by atoms with Crippen molar-refractivity contribution in [3.05, 3.63) is 29.8 Å². The highest BCUT2D eigenvalue weighted by Crippen LogP contribution is 2.61. The Bertz CT molecular complexity index is 447. The van der Waals surface area contributed by atoms with Gasteiger partial charge in [0.05, 0.1) is 0 Å². The number of hydrogen-bond acceptors (Lipinski definition) is 1. The fraction of sp³-hybridized carbons (Fsp3) is 0.400. The summed E-state index contributed by atoms with van der Waals surface area (Å²) in [6, 6.07) is 1.58. The molecule has 114 valence electrons. The summed E-state index contributed by atoms with van der Waals surface area (Å²) < 4.78 is 114. The molecule has 0 saturated carbocycles. The van der Waals surface area contributed by atoms with Gasteiger partial charge >= 0.3 is 18.5 Å². The lowest BCUT2D eigenvalue weighted by Crippen LogP contribution is -2.63. The Kier molecular flexibility index (Phi) is 3.66. The minimum atomic E-state index is -6.73. The molecule has 1 rings (SSSR count). The molecule has 0 aliphatic carbocycles. The van der Waals surface area contributed by atoms with Crippen molar-refractivity contribution in [3.8, 4) is 5.75 Å². The molecule has 0 radical (unpaired) electrons. The highest BCUT2D eigenvalue weighted by molar-refractivity contribution is 5.43. The summed E-state index contributed by atoms with van der Waals surface area (Å²) in [4.78, 5) is 0. The topological polar surface area (TPSA) is 20.2 Å². The van der Waals surface area contributed by atoms with E-state index in [1.807, 2.05) is 0 Å². The summed E-state index contributed by atoms with van der Waals surface area (Å²) in [6.45, 7) is 0. The number of rotatable bonds is 1. The van der Waals surface area contributed by atoms with Crippen molar-refractivity contribution >= 4 is 0 Å². The maximum Gasteiger partial charge on any atom is 0.416 e. The van der Waals surface area contributed by atoms with Gasteiger partial charge in [0.25, 0.3) is 5.41 Å². The van der Waals surface area contributed by atoms with E-state index in [2.05, 4.69) is 0 Å². The van der Waals surface area contributed by atoms with Gasteiger partial charge in [0, 0.05) is 5.56 Å². The second kappa shape index (κ2) is 4.45. The molecule has 0 amide bonds. The van der Waals surface area contributed by atoms with E-state index in [9.17, 15) is 39.5 Å². The number of hydrogen-bond donors (Lipinski definition) is 1. The first-order valence-electron chi connectivity index (χ1n) is 4.75. The quantitative estimate of drug-likeness (QED) is 0.766. The molecule has 0 aromatic heterocycles. The first-order chi connectivity index (χ1) is 8.77. The molecule has 0 atom stereocenters. The molecule has 1 nitrogen and oxygen atoms in total. The lowest BCUT2D eigenvalue weighted by Gasteiger charge is -2.39. The van der Waals surface area contributed by atoms with Crippen molar-refractivity contribution in [2.75, 3.05) is 0 Å². The fourth-order valence-corrected chi connectivity index (χ4v) is 1.73. The van der Waals surface area contributed by atoms with Crippen molar-refractivity contribution in [3.63, 3.8) is 0 Å². The van der Waals surface area contributed by atoms with Gasteiger partial charge in [-0.3, -0.25) is 0 Å². The van der Waals surface area contributed by atoms with Crippen LogP contribution in [0.15, 0.2) is 24.3 Å². The minimum absolute atomic E-state index is 0.0657. The second-order valence-corrected chi connectivity index (χ2v) is 3.76. The second-order valence-electron chi connectivity index (χ2n) is 3.76. The molecule has 0 spiro atoms. The van der Waals surface area contributed by atoms with Crippen molar-refractivity contribution in [1.29, 1.82) is 0 Å². The van der Waals surface area contributed by atoms with Crippen LogP contribution in [-0.2, 0) is 5.41 Å². The third kappa shape index (κ3) is 2.16. The molecule has 0 unspecified atom stereocenters. The maximum atomic E-state index is 12.7.